The molecule has 0 spiro atoms. The van der Waals surface area contributed by atoms with Gasteiger partial charge in [0.25, 0.3) is 0 Å². The number of benzene rings is 2. The van der Waals surface area contributed by atoms with Crippen LogP contribution in [0.15, 0.2) is 48.5 Å². The van der Waals surface area contributed by atoms with E-state index in [0.29, 0.717) is 0 Å². The summed E-state index contributed by atoms with van der Waals surface area (Å²) < 4.78 is 0. The summed E-state index contributed by atoms with van der Waals surface area (Å²) in [5.74, 6) is -3.78. The lowest BCUT2D eigenvalue weighted by atomic mass is 9.50. The number of carboxylic acid groups (broad SMARTS) is 2. The summed E-state index contributed by atoms with van der Waals surface area (Å²) in [5, 5.41) is 18.2. The Morgan fingerprint density at radius 2 is 0.893 bits per heavy atom. The Morgan fingerprint density at radius 1 is 0.607 bits per heavy atom. The maximum atomic E-state index is 12.3. The van der Waals surface area contributed by atoms with Crippen LogP contribution >= 0.6 is 0 Å². The van der Waals surface area contributed by atoms with Crippen molar-refractivity contribution in [3.63, 3.8) is 0 Å². The van der Waals surface area contributed by atoms with Gasteiger partial charge in [-0.25, -0.2) is 9.59 Å². The second-order valence-electron chi connectivity index (χ2n) is 7.18. The quantitative estimate of drug-likeness (QED) is 0.795. The average molecular weight is 380 g/mol. The molecule has 1 fully saturated rings. The van der Waals surface area contributed by atoms with Crippen molar-refractivity contribution in [1.82, 2.24) is 0 Å². The lowest BCUT2D eigenvalue weighted by Crippen LogP contribution is -2.50. The maximum Gasteiger partial charge on any atom is 0.335 e. The van der Waals surface area contributed by atoms with E-state index in [9.17, 15) is 19.2 Å². The van der Waals surface area contributed by atoms with Crippen LogP contribution in [0.25, 0.3) is 0 Å². The van der Waals surface area contributed by atoms with Crippen LogP contribution in [-0.2, 0) is 9.59 Å². The van der Waals surface area contributed by atoms with Gasteiger partial charge in [-0.05, 0) is 49.2 Å². The topological polar surface area (TPSA) is 109 Å². The van der Waals surface area contributed by atoms with Crippen molar-refractivity contribution < 1.29 is 29.4 Å². The van der Waals surface area contributed by atoms with Gasteiger partial charge in [0.05, 0.1) is 11.1 Å². The molecular weight excluding hydrogens is 360 g/mol. The SMILES string of the molecule is CC(=O)[C@H]1[C@H](C(C)=O)[C@@H](c2ccc(C(=O)O)cc2)[C@@H]1c1ccc(C(=O)O)cc1. The van der Waals surface area contributed by atoms with E-state index in [0.717, 1.165) is 11.1 Å². The fourth-order valence-corrected chi connectivity index (χ4v) is 4.28. The molecule has 4 atom stereocenters. The largest absolute Gasteiger partial charge is 0.478 e. The number of rotatable bonds is 6. The van der Waals surface area contributed by atoms with Gasteiger partial charge in [0.2, 0.25) is 0 Å². The molecule has 2 N–H and O–H groups in total. The van der Waals surface area contributed by atoms with Gasteiger partial charge in [-0.1, -0.05) is 24.3 Å². The van der Waals surface area contributed by atoms with E-state index >= 15 is 0 Å². The summed E-state index contributed by atoms with van der Waals surface area (Å²) in [6.07, 6.45) is 0. The molecular formula is C22H20O6. The van der Waals surface area contributed by atoms with Gasteiger partial charge < -0.3 is 10.2 Å². The second kappa shape index (κ2) is 7.38. The van der Waals surface area contributed by atoms with Gasteiger partial charge in [0.1, 0.15) is 11.6 Å². The number of ketones is 2. The molecule has 0 bridgehead atoms. The van der Waals surface area contributed by atoms with E-state index in [1.807, 2.05) is 0 Å². The smallest absolute Gasteiger partial charge is 0.335 e. The van der Waals surface area contributed by atoms with Crippen LogP contribution in [0.3, 0.4) is 0 Å². The fourth-order valence-electron chi connectivity index (χ4n) is 4.28. The zero-order valence-corrected chi connectivity index (χ0v) is 15.5. The number of hydrogen-bond donors (Lipinski definition) is 2. The maximum absolute atomic E-state index is 12.3. The van der Waals surface area contributed by atoms with Gasteiger partial charge in [0, 0.05) is 23.7 Å². The predicted octanol–water partition coefficient (Wildman–Crippen LogP) is 3.37. The first-order valence-corrected chi connectivity index (χ1v) is 8.89. The molecule has 6 nitrogen and oxygen atoms in total. The first-order chi connectivity index (χ1) is 13.2. The highest BCUT2D eigenvalue weighted by atomic mass is 16.4. The van der Waals surface area contributed by atoms with Crippen LogP contribution < -0.4 is 0 Å². The summed E-state index contributed by atoms with van der Waals surface area (Å²) in [4.78, 5) is 46.8. The Hall–Kier alpha value is -3.28. The first-order valence-electron chi connectivity index (χ1n) is 8.89. The zero-order chi connectivity index (χ0) is 20.6. The van der Waals surface area contributed by atoms with Gasteiger partial charge in [-0.15, -0.1) is 0 Å². The minimum absolute atomic E-state index is 0.0917. The average Bonchev–Trinajstić information content (AvgIpc) is 2.61. The Kier molecular flexibility index (Phi) is 5.14. The van der Waals surface area contributed by atoms with Crippen molar-refractivity contribution in [1.29, 1.82) is 0 Å². The summed E-state index contributed by atoms with van der Waals surface area (Å²) in [5.41, 5.74) is 1.87. The van der Waals surface area contributed by atoms with Crippen LogP contribution in [0, 0.1) is 11.8 Å². The number of Topliss-reactive ketones (excluding diaryl/α,β-unsaturated/α-hetero) is 2. The minimum atomic E-state index is -1.04. The molecule has 2 aromatic carbocycles. The summed E-state index contributed by atoms with van der Waals surface area (Å²) in [6, 6.07) is 12.7. The van der Waals surface area contributed by atoms with Gasteiger partial charge >= 0.3 is 11.9 Å². The zero-order valence-electron chi connectivity index (χ0n) is 15.5. The molecule has 0 aromatic heterocycles. The molecule has 0 amide bonds. The Balaban J connectivity index is 2.04. The number of carbonyl (C=O) groups excluding carboxylic acids is 2. The molecule has 0 heterocycles. The normalized spacial score (nSPS) is 23.5. The van der Waals surface area contributed by atoms with E-state index in [4.69, 9.17) is 10.2 Å². The molecule has 0 saturated heterocycles. The lowest BCUT2D eigenvalue weighted by molar-refractivity contribution is -0.139. The summed E-state index contributed by atoms with van der Waals surface area (Å²) in [6.45, 7) is 2.92. The van der Waals surface area contributed by atoms with Crippen LogP contribution in [0.5, 0.6) is 0 Å². The molecule has 1 saturated carbocycles. The van der Waals surface area contributed by atoms with E-state index in [1.165, 1.54) is 38.1 Å². The van der Waals surface area contributed by atoms with E-state index in [2.05, 4.69) is 0 Å². The van der Waals surface area contributed by atoms with Gasteiger partial charge in [-0.2, -0.15) is 0 Å². The molecule has 1 aliphatic carbocycles. The summed E-state index contributed by atoms with van der Waals surface area (Å²) >= 11 is 0. The highest BCUT2D eigenvalue weighted by Crippen LogP contribution is 2.58. The highest BCUT2D eigenvalue weighted by molar-refractivity contribution is 5.92. The van der Waals surface area contributed by atoms with Gasteiger partial charge in [-0.3, -0.25) is 9.59 Å². The molecule has 6 heteroatoms. The van der Waals surface area contributed by atoms with E-state index in [-0.39, 0.29) is 34.5 Å². The van der Waals surface area contributed by atoms with Crippen molar-refractivity contribution >= 4 is 23.5 Å². The Morgan fingerprint density at radius 3 is 1.11 bits per heavy atom. The molecule has 0 radical (unpaired) electrons. The van der Waals surface area contributed by atoms with Crippen molar-refractivity contribution in [3.8, 4) is 0 Å². The molecule has 144 valence electrons. The Bertz CT molecular complexity index is 862. The minimum Gasteiger partial charge on any atom is -0.478 e. The predicted molar refractivity (Wildman–Crippen MR) is 101 cm³/mol. The summed E-state index contributed by atoms with van der Waals surface area (Å²) in [7, 11) is 0. The van der Waals surface area contributed by atoms with Crippen molar-refractivity contribution in [2.24, 2.45) is 11.8 Å². The third-order valence-electron chi connectivity index (χ3n) is 5.57. The molecule has 28 heavy (non-hydrogen) atoms. The second-order valence-corrected chi connectivity index (χ2v) is 7.18. The molecule has 1 aliphatic rings. The highest BCUT2D eigenvalue weighted by Gasteiger charge is 2.55. The van der Waals surface area contributed by atoms with E-state index < -0.39 is 23.8 Å². The monoisotopic (exact) mass is 380 g/mol. The standard InChI is InChI=1S/C22H20O6/c1-11(23)17-18(12(2)24)20(14-5-9-16(10-6-14)22(27)28)19(17)13-3-7-15(8-4-13)21(25)26/h3-10,17-20H,1-2H3,(H,25,26)(H,27,28)/t17-,18-,19+,20+/m0/s1. The van der Waals surface area contributed by atoms with E-state index in [1.54, 1.807) is 24.3 Å². The van der Waals surface area contributed by atoms with Crippen LogP contribution in [0.4, 0.5) is 0 Å². The molecule has 0 aliphatic heterocycles. The first kappa shape index (κ1) is 19.5. The number of aromatic carboxylic acids is 2. The van der Waals surface area contributed by atoms with Crippen LogP contribution in [0.1, 0.15) is 57.5 Å². The number of hydrogen-bond acceptors (Lipinski definition) is 4. The van der Waals surface area contributed by atoms with Crippen molar-refractivity contribution in [2.45, 2.75) is 25.7 Å². The Labute approximate surface area is 161 Å². The lowest BCUT2D eigenvalue weighted by Gasteiger charge is -2.50. The van der Waals surface area contributed by atoms with Crippen LogP contribution in [-0.4, -0.2) is 33.7 Å². The fraction of sp³-hybridized carbons (Fsp3) is 0.273. The van der Waals surface area contributed by atoms with Crippen molar-refractivity contribution in [3.05, 3.63) is 70.8 Å². The third-order valence-corrected chi connectivity index (χ3v) is 5.57. The van der Waals surface area contributed by atoms with Crippen LogP contribution in [0.2, 0.25) is 0 Å². The molecule has 2 aromatic rings. The van der Waals surface area contributed by atoms with Crippen molar-refractivity contribution in [2.75, 3.05) is 0 Å². The number of carbonyl (C=O) groups is 4. The number of carboxylic acids is 2. The molecule has 3 rings (SSSR count). The third kappa shape index (κ3) is 3.33. The molecule has 0 unspecified atom stereocenters. The van der Waals surface area contributed by atoms with Gasteiger partial charge in [0.15, 0.2) is 0 Å².